The van der Waals surface area contributed by atoms with Crippen LogP contribution in [0.1, 0.15) is 56.7 Å². The normalized spacial score (nSPS) is 23.6. The van der Waals surface area contributed by atoms with Crippen molar-refractivity contribution in [2.24, 2.45) is 0 Å². The topological polar surface area (TPSA) is 41.1 Å². The first kappa shape index (κ1) is 15.0. The number of nitrogens with one attached hydrogen (secondary N) is 2. The molecule has 3 heteroatoms. The van der Waals surface area contributed by atoms with Crippen molar-refractivity contribution in [1.82, 2.24) is 10.6 Å². The summed E-state index contributed by atoms with van der Waals surface area (Å²) in [6.45, 7) is 7.24. The summed E-state index contributed by atoms with van der Waals surface area (Å²) in [6, 6.07) is 8.30. The number of benzene rings is 1. The van der Waals surface area contributed by atoms with Gasteiger partial charge < -0.3 is 10.6 Å². The molecule has 2 atom stereocenters. The van der Waals surface area contributed by atoms with Crippen LogP contribution in [0.2, 0.25) is 0 Å². The van der Waals surface area contributed by atoms with Gasteiger partial charge in [0.2, 0.25) is 5.91 Å². The van der Waals surface area contributed by atoms with Gasteiger partial charge in [0.1, 0.15) is 0 Å². The fourth-order valence-electron chi connectivity index (χ4n) is 3.24. The highest BCUT2D eigenvalue weighted by Gasteiger charge is 2.40. The highest BCUT2D eigenvalue weighted by atomic mass is 16.2. The van der Waals surface area contributed by atoms with Crippen LogP contribution in [0.15, 0.2) is 24.3 Å². The van der Waals surface area contributed by atoms with Crippen LogP contribution < -0.4 is 10.6 Å². The zero-order valence-electron chi connectivity index (χ0n) is 12.8. The van der Waals surface area contributed by atoms with Gasteiger partial charge in [-0.15, -0.1) is 0 Å². The Labute approximate surface area is 122 Å². The smallest absolute Gasteiger partial charge is 0.240 e. The average molecular weight is 274 g/mol. The summed E-state index contributed by atoms with van der Waals surface area (Å²) < 4.78 is 0. The Kier molecular flexibility index (Phi) is 4.81. The molecule has 0 bridgehead atoms. The molecule has 0 saturated carbocycles. The molecule has 0 aliphatic carbocycles. The second kappa shape index (κ2) is 6.40. The predicted octanol–water partition coefficient (Wildman–Crippen LogP) is 3.09. The lowest BCUT2D eigenvalue weighted by molar-refractivity contribution is -0.128. The molecule has 2 rings (SSSR count). The van der Waals surface area contributed by atoms with Crippen molar-refractivity contribution in [3.63, 3.8) is 0 Å². The Balaban J connectivity index is 2.08. The maximum absolute atomic E-state index is 12.7. The van der Waals surface area contributed by atoms with E-state index in [0.717, 1.165) is 32.2 Å². The minimum atomic E-state index is -0.342. The van der Waals surface area contributed by atoms with E-state index >= 15 is 0 Å². The van der Waals surface area contributed by atoms with E-state index < -0.39 is 0 Å². The van der Waals surface area contributed by atoms with E-state index in [0.29, 0.717) is 0 Å². The first-order valence-electron chi connectivity index (χ1n) is 7.70. The van der Waals surface area contributed by atoms with Gasteiger partial charge in [-0.1, -0.05) is 37.6 Å². The molecule has 1 aliphatic heterocycles. The van der Waals surface area contributed by atoms with Crippen LogP contribution in [0.4, 0.5) is 0 Å². The van der Waals surface area contributed by atoms with Gasteiger partial charge in [0.25, 0.3) is 0 Å². The molecule has 1 fully saturated rings. The van der Waals surface area contributed by atoms with Crippen molar-refractivity contribution in [3.8, 4) is 0 Å². The molecule has 1 aliphatic rings. The summed E-state index contributed by atoms with van der Waals surface area (Å²) in [5.41, 5.74) is 2.08. The highest BCUT2D eigenvalue weighted by Crippen LogP contribution is 2.26. The molecule has 0 spiro atoms. The van der Waals surface area contributed by atoms with Crippen molar-refractivity contribution in [2.75, 3.05) is 6.54 Å². The van der Waals surface area contributed by atoms with Crippen LogP contribution in [-0.2, 0) is 4.79 Å². The molecule has 0 aromatic heterocycles. The van der Waals surface area contributed by atoms with Crippen molar-refractivity contribution < 1.29 is 4.79 Å². The Morgan fingerprint density at radius 3 is 2.80 bits per heavy atom. The number of carbonyl (C=O) groups is 1. The quantitative estimate of drug-likeness (QED) is 0.866. The van der Waals surface area contributed by atoms with Crippen LogP contribution in [-0.4, -0.2) is 18.0 Å². The predicted molar refractivity (Wildman–Crippen MR) is 82.6 cm³/mol. The number of rotatable bonds is 5. The second-order valence-corrected chi connectivity index (χ2v) is 5.91. The zero-order valence-corrected chi connectivity index (χ0v) is 12.8. The summed E-state index contributed by atoms with van der Waals surface area (Å²) in [5, 5.41) is 6.63. The second-order valence-electron chi connectivity index (χ2n) is 5.91. The fourth-order valence-corrected chi connectivity index (χ4v) is 3.24. The molecule has 3 nitrogen and oxygen atoms in total. The van der Waals surface area contributed by atoms with Gasteiger partial charge in [0, 0.05) is 0 Å². The Morgan fingerprint density at radius 2 is 2.20 bits per heavy atom. The molecule has 2 unspecified atom stereocenters. The molecule has 1 heterocycles. The van der Waals surface area contributed by atoms with Crippen molar-refractivity contribution in [3.05, 3.63) is 35.4 Å². The van der Waals surface area contributed by atoms with Gasteiger partial charge in [0.15, 0.2) is 0 Å². The number of hydrogen-bond acceptors (Lipinski definition) is 2. The molecular weight excluding hydrogens is 248 g/mol. The third-order valence-corrected chi connectivity index (χ3v) is 4.36. The number of hydrogen-bond donors (Lipinski definition) is 2. The molecule has 1 aromatic rings. The van der Waals surface area contributed by atoms with E-state index in [9.17, 15) is 4.79 Å². The molecule has 1 saturated heterocycles. The third-order valence-electron chi connectivity index (χ3n) is 4.36. The minimum Gasteiger partial charge on any atom is -0.348 e. The van der Waals surface area contributed by atoms with Crippen LogP contribution in [0.3, 0.4) is 0 Å². The van der Waals surface area contributed by atoms with Crippen LogP contribution in [0, 0.1) is 6.92 Å². The Hall–Kier alpha value is -1.35. The molecule has 2 N–H and O–H groups in total. The van der Waals surface area contributed by atoms with Crippen molar-refractivity contribution in [2.45, 2.75) is 58.0 Å². The Morgan fingerprint density at radius 1 is 1.45 bits per heavy atom. The van der Waals surface area contributed by atoms with Gasteiger partial charge in [-0.3, -0.25) is 4.79 Å². The van der Waals surface area contributed by atoms with E-state index in [1.165, 1.54) is 11.1 Å². The van der Waals surface area contributed by atoms with E-state index in [-0.39, 0.29) is 17.5 Å². The molecule has 0 radical (unpaired) electrons. The lowest BCUT2D eigenvalue weighted by Crippen LogP contribution is -2.53. The SMILES string of the molecule is CCCC1(C(=O)NC(C)c2ccccc2C)CCCN1. The molecule has 1 amide bonds. The lowest BCUT2D eigenvalue weighted by atomic mass is 9.90. The van der Waals surface area contributed by atoms with E-state index in [4.69, 9.17) is 0 Å². The molecule has 20 heavy (non-hydrogen) atoms. The average Bonchev–Trinajstić information content (AvgIpc) is 2.89. The molecule has 1 aromatic carbocycles. The summed E-state index contributed by atoms with van der Waals surface area (Å²) in [7, 11) is 0. The fraction of sp³-hybridized carbons (Fsp3) is 0.588. The van der Waals surface area contributed by atoms with Gasteiger partial charge >= 0.3 is 0 Å². The summed E-state index contributed by atoms with van der Waals surface area (Å²) in [4.78, 5) is 12.7. The lowest BCUT2D eigenvalue weighted by Gasteiger charge is -2.30. The number of amides is 1. The maximum atomic E-state index is 12.7. The summed E-state index contributed by atoms with van der Waals surface area (Å²) in [6.07, 6.45) is 3.98. The van der Waals surface area contributed by atoms with Gasteiger partial charge in [-0.2, -0.15) is 0 Å². The minimum absolute atomic E-state index is 0.0554. The summed E-state index contributed by atoms with van der Waals surface area (Å²) >= 11 is 0. The van der Waals surface area contributed by atoms with Crippen LogP contribution in [0.25, 0.3) is 0 Å². The van der Waals surface area contributed by atoms with Gasteiger partial charge in [-0.25, -0.2) is 0 Å². The largest absolute Gasteiger partial charge is 0.348 e. The van der Waals surface area contributed by atoms with Crippen molar-refractivity contribution >= 4 is 5.91 Å². The van der Waals surface area contributed by atoms with Crippen LogP contribution >= 0.6 is 0 Å². The highest BCUT2D eigenvalue weighted by molar-refractivity contribution is 5.87. The first-order valence-corrected chi connectivity index (χ1v) is 7.70. The zero-order chi connectivity index (χ0) is 14.6. The van der Waals surface area contributed by atoms with Gasteiger partial charge in [-0.05, 0) is 50.8 Å². The number of carbonyl (C=O) groups excluding carboxylic acids is 1. The Bertz CT molecular complexity index is 464. The first-order chi connectivity index (χ1) is 9.59. The standard InChI is InChI=1S/C17H26N2O/c1-4-10-17(11-7-12-18-17)16(20)19-14(3)15-9-6-5-8-13(15)2/h5-6,8-9,14,18H,4,7,10-12H2,1-3H3,(H,19,20). The molecular formula is C17H26N2O. The van der Waals surface area contributed by atoms with Gasteiger partial charge in [0.05, 0.1) is 11.6 Å². The maximum Gasteiger partial charge on any atom is 0.240 e. The van der Waals surface area contributed by atoms with E-state index in [1.807, 2.05) is 12.1 Å². The summed E-state index contributed by atoms with van der Waals surface area (Å²) in [5.74, 6) is 0.160. The number of aryl methyl sites for hydroxylation is 1. The monoisotopic (exact) mass is 274 g/mol. The molecule has 110 valence electrons. The van der Waals surface area contributed by atoms with E-state index in [1.54, 1.807) is 0 Å². The van der Waals surface area contributed by atoms with E-state index in [2.05, 4.69) is 43.5 Å². The van der Waals surface area contributed by atoms with Crippen LogP contribution in [0.5, 0.6) is 0 Å². The third kappa shape index (κ3) is 3.04. The van der Waals surface area contributed by atoms with Crippen molar-refractivity contribution in [1.29, 1.82) is 0 Å².